The summed E-state index contributed by atoms with van der Waals surface area (Å²) in [7, 11) is -2.41. The average molecular weight is 268 g/mol. The Balaban J connectivity index is 2.93. The molecule has 0 spiro atoms. The largest absolute Gasteiger partial charge is 0.358 e. The number of rotatable bonds is 4. The van der Waals surface area contributed by atoms with E-state index in [1.807, 2.05) is 0 Å². The van der Waals surface area contributed by atoms with Crippen molar-refractivity contribution >= 4 is 15.9 Å². The lowest BCUT2D eigenvalue weighted by Crippen LogP contribution is -2.43. The van der Waals surface area contributed by atoms with Crippen LogP contribution in [0.1, 0.15) is 12.6 Å². The number of carbonyl (C=O) groups is 1. The van der Waals surface area contributed by atoms with Gasteiger partial charge in [-0.2, -0.15) is 9.98 Å². The fourth-order valence-corrected chi connectivity index (χ4v) is 2.32. The van der Waals surface area contributed by atoms with Crippen molar-refractivity contribution in [2.75, 3.05) is 7.05 Å². The van der Waals surface area contributed by atoms with E-state index < -0.39 is 22.0 Å². The first-order valence-electron chi connectivity index (χ1n) is 5.01. The minimum absolute atomic E-state index is 0.0998. The third kappa shape index (κ3) is 3.26. The lowest BCUT2D eigenvalue weighted by Gasteiger charge is -2.12. The average Bonchev–Trinajstić information content (AvgIpc) is 2.37. The van der Waals surface area contributed by atoms with E-state index in [1.54, 1.807) is 6.07 Å². The summed E-state index contributed by atoms with van der Waals surface area (Å²) in [6.07, 6.45) is 1.07. The summed E-state index contributed by atoms with van der Waals surface area (Å²) in [5.74, 6) is -0.444. The lowest BCUT2D eigenvalue weighted by atomic mass is 10.3. The Bertz CT molecular complexity index is 574. The number of carbonyl (C=O) groups excluding carboxylic acids is 1. The number of pyridine rings is 1. The molecular weight excluding hydrogens is 256 g/mol. The molecule has 18 heavy (non-hydrogen) atoms. The van der Waals surface area contributed by atoms with Gasteiger partial charge in [0.1, 0.15) is 16.7 Å². The van der Waals surface area contributed by atoms with Crippen LogP contribution in [0.4, 0.5) is 0 Å². The second-order valence-corrected chi connectivity index (χ2v) is 5.16. The minimum Gasteiger partial charge on any atom is -0.358 e. The van der Waals surface area contributed by atoms with Gasteiger partial charge in [-0.05, 0) is 19.1 Å². The molecule has 1 aromatic heterocycles. The Morgan fingerprint density at radius 1 is 1.50 bits per heavy atom. The van der Waals surface area contributed by atoms with Gasteiger partial charge in [-0.15, -0.1) is 0 Å². The smallest absolute Gasteiger partial charge is 0.242 e. The predicted molar refractivity (Wildman–Crippen MR) is 62.8 cm³/mol. The number of likely N-dealkylation sites (N-methyl/N-ethyl adjacent to an activating group) is 1. The van der Waals surface area contributed by atoms with Crippen LogP contribution in [0.25, 0.3) is 0 Å². The van der Waals surface area contributed by atoms with Crippen LogP contribution in [-0.4, -0.2) is 32.4 Å². The second-order valence-electron chi connectivity index (χ2n) is 3.45. The van der Waals surface area contributed by atoms with Gasteiger partial charge in [0.2, 0.25) is 15.9 Å². The molecule has 0 saturated carbocycles. The van der Waals surface area contributed by atoms with Crippen molar-refractivity contribution in [1.82, 2.24) is 15.0 Å². The van der Waals surface area contributed by atoms with Crippen LogP contribution in [-0.2, 0) is 14.8 Å². The molecule has 1 amide bonds. The monoisotopic (exact) mass is 268 g/mol. The first-order chi connectivity index (χ1) is 8.40. The van der Waals surface area contributed by atoms with E-state index in [9.17, 15) is 13.2 Å². The van der Waals surface area contributed by atoms with Crippen molar-refractivity contribution in [2.45, 2.75) is 17.9 Å². The van der Waals surface area contributed by atoms with Crippen LogP contribution in [0.3, 0.4) is 0 Å². The van der Waals surface area contributed by atoms with Crippen LogP contribution >= 0.6 is 0 Å². The minimum atomic E-state index is -3.82. The second kappa shape index (κ2) is 5.57. The molecule has 0 saturated heterocycles. The number of amides is 1. The van der Waals surface area contributed by atoms with Gasteiger partial charge in [-0.25, -0.2) is 13.4 Å². The molecule has 1 rings (SSSR count). The van der Waals surface area contributed by atoms with Crippen molar-refractivity contribution in [3.8, 4) is 6.07 Å². The van der Waals surface area contributed by atoms with Crippen molar-refractivity contribution in [3.05, 3.63) is 24.0 Å². The molecular formula is C10H12N4O3S. The summed E-state index contributed by atoms with van der Waals surface area (Å²) in [6, 6.07) is 3.44. The fraction of sp³-hybridized carbons (Fsp3) is 0.300. The maximum Gasteiger partial charge on any atom is 0.242 e. The van der Waals surface area contributed by atoms with Crippen molar-refractivity contribution < 1.29 is 13.2 Å². The van der Waals surface area contributed by atoms with Gasteiger partial charge in [0.15, 0.2) is 0 Å². The summed E-state index contributed by atoms with van der Waals surface area (Å²) in [6.45, 7) is 1.42. The number of nitrogens with zero attached hydrogens (tertiary/aromatic N) is 2. The number of hydrogen-bond donors (Lipinski definition) is 2. The highest BCUT2D eigenvalue weighted by atomic mass is 32.2. The quantitative estimate of drug-likeness (QED) is 0.754. The molecule has 0 fully saturated rings. The zero-order valence-corrected chi connectivity index (χ0v) is 10.7. The Kier molecular flexibility index (Phi) is 4.36. The van der Waals surface area contributed by atoms with Gasteiger partial charge in [0.05, 0.1) is 6.04 Å². The molecule has 0 aliphatic carbocycles. The molecule has 1 heterocycles. The van der Waals surface area contributed by atoms with Crippen LogP contribution in [0.2, 0.25) is 0 Å². The topological polar surface area (TPSA) is 112 Å². The van der Waals surface area contributed by atoms with E-state index in [4.69, 9.17) is 5.26 Å². The number of nitrogens with one attached hydrogen (secondary N) is 2. The van der Waals surface area contributed by atoms with Crippen molar-refractivity contribution in [3.63, 3.8) is 0 Å². The van der Waals surface area contributed by atoms with Gasteiger partial charge in [0, 0.05) is 13.2 Å². The maximum absolute atomic E-state index is 11.8. The number of sulfonamides is 1. The van der Waals surface area contributed by atoms with Gasteiger partial charge in [-0.3, -0.25) is 4.79 Å². The van der Waals surface area contributed by atoms with Gasteiger partial charge in [-0.1, -0.05) is 0 Å². The normalized spacial score (nSPS) is 12.5. The summed E-state index contributed by atoms with van der Waals surface area (Å²) < 4.78 is 25.9. The van der Waals surface area contributed by atoms with E-state index in [2.05, 4.69) is 15.0 Å². The lowest BCUT2D eigenvalue weighted by molar-refractivity contribution is -0.121. The van der Waals surface area contributed by atoms with Crippen LogP contribution in [0.5, 0.6) is 0 Å². The zero-order valence-electron chi connectivity index (χ0n) is 9.84. The molecule has 96 valence electrons. The Morgan fingerprint density at radius 3 is 2.61 bits per heavy atom. The molecule has 2 N–H and O–H groups in total. The summed E-state index contributed by atoms with van der Waals surface area (Å²) >= 11 is 0. The van der Waals surface area contributed by atoms with Crippen molar-refractivity contribution in [1.29, 1.82) is 5.26 Å². The van der Waals surface area contributed by atoms with E-state index in [0.29, 0.717) is 0 Å². The van der Waals surface area contributed by atoms with Gasteiger partial charge >= 0.3 is 0 Å². The first-order valence-corrected chi connectivity index (χ1v) is 6.49. The van der Waals surface area contributed by atoms with Crippen LogP contribution in [0, 0.1) is 11.3 Å². The van der Waals surface area contributed by atoms with Crippen LogP contribution in [0.15, 0.2) is 23.2 Å². The summed E-state index contributed by atoms with van der Waals surface area (Å²) in [5.41, 5.74) is 0.119. The third-order valence-electron chi connectivity index (χ3n) is 2.13. The standard InChI is InChI=1S/C10H12N4O3S/c1-7(10(15)12-2)14-18(16,17)9-4-3-8(5-11)13-6-9/h3-4,6-7,14H,1-2H3,(H,12,15). The third-order valence-corrected chi connectivity index (χ3v) is 3.66. The molecule has 0 radical (unpaired) electrons. The molecule has 0 aromatic carbocycles. The number of nitriles is 1. The van der Waals surface area contributed by atoms with Gasteiger partial charge < -0.3 is 5.32 Å². The SMILES string of the molecule is CNC(=O)C(C)NS(=O)(=O)c1ccc(C#N)nc1. The Hall–Kier alpha value is -1.98. The fourth-order valence-electron chi connectivity index (χ4n) is 1.18. The number of hydrogen-bond acceptors (Lipinski definition) is 5. The van der Waals surface area contributed by atoms with Crippen LogP contribution < -0.4 is 10.0 Å². The molecule has 1 aromatic rings. The summed E-state index contributed by atoms with van der Waals surface area (Å²) in [4.78, 5) is 14.8. The zero-order chi connectivity index (χ0) is 13.8. The van der Waals surface area contributed by atoms with E-state index >= 15 is 0 Å². The molecule has 0 bridgehead atoms. The highest BCUT2D eigenvalue weighted by Gasteiger charge is 2.21. The highest BCUT2D eigenvalue weighted by Crippen LogP contribution is 2.08. The maximum atomic E-state index is 11.8. The molecule has 8 heteroatoms. The summed E-state index contributed by atoms with van der Waals surface area (Å²) in [5, 5.41) is 10.9. The van der Waals surface area contributed by atoms with E-state index in [1.165, 1.54) is 26.1 Å². The van der Waals surface area contributed by atoms with E-state index in [-0.39, 0.29) is 10.6 Å². The van der Waals surface area contributed by atoms with E-state index in [0.717, 1.165) is 6.20 Å². The molecule has 7 nitrogen and oxygen atoms in total. The molecule has 1 atom stereocenters. The highest BCUT2D eigenvalue weighted by molar-refractivity contribution is 7.89. The van der Waals surface area contributed by atoms with Gasteiger partial charge in [0.25, 0.3) is 0 Å². The Morgan fingerprint density at radius 2 is 2.17 bits per heavy atom. The number of aromatic nitrogens is 1. The molecule has 0 aliphatic rings. The predicted octanol–water partition coefficient (Wildman–Crippen LogP) is -0.634. The molecule has 0 aliphatic heterocycles. The molecule has 1 unspecified atom stereocenters. The van der Waals surface area contributed by atoms with Crippen molar-refractivity contribution in [2.24, 2.45) is 0 Å². The Labute approximate surface area is 105 Å². The first kappa shape index (κ1) is 14.1.